The largest absolute Gasteiger partial charge is 0.456 e. The molecule has 0 bridgehead atoms. The van der Waals surface area contributed by atoms with Gasteiger partial charge in [0.1, 0.15) is 18.3 Å². The van der Waals surface area contributed by atoms with Crippen molar-refractivity contribution in [2.24, 2.45) is 0 Å². The molecule has 1 aromatic carbocycles. The molecule has 0 aliphatic carbocycles. The maximum atomic E-state index is 9.88. The normalized spacial score (nSPS) is 28.2. The summed E-state index contributed by atoms with van der Waals surface area (Å²) in [5.41, 5.74) is 3.72. The van der Waals surface area contributed by atoms with Crippen molar-refractivity contribution < 1.29 is 24.4 Å². The van der Waals surface area contributed by atoms with Gasteiger partial charge in [0.15, 0.2) is 11.8 Å². The fraction of sp³-hybridized carbons (Fsp3) is 0.429. The SMILES string of the molecule is OC1CN(c2ccc(-c3nc4nc(O[C@@H]5CO[C@H]6[C@@H]5OC[C@H]6O)[nH]c4cc3Cl)cc2)C1. The fourth-order valence-corrected chi connectivity index (χ4v) is 4.60. The van der Waals surface area contributed by atoms with Crippen LogP contribution in [0.15, 0.2) is 30.3 Å². The molecular formula is C21H21ClN4O5. The minimum Gasteiger partial charge on any atom is -0.456 e. The maximum absolute atomic E-state index is 9.88. The molecule has 0 unspecified atom stereocenters. The van der Waals surface area contributed by atoms with Crippen molar-refractivity contribution in [2.75, 3.05) is 31.2 Å². The lowest BCUT2D eigenvalue weighted by Crippen LogP contribution is -2.50. The first-order chi connectivity index (χ1) is 15.0. The fourth-order valence-electron chi connectivity index (χ4n) is 4.34. The zero-order valence-corrected chi connectivity index (χ0v) is 17.2. The van der Waals surface area contributed by atoms with Gasteiger partial charge in [0.25, 0.3) is 6.01 Å². The molecule has 3 aromatic rings. The molecule has 3 fully saturated rings. The second-order valence-corrected chi connectivity index (χ2v) is 8.56. The van der Waals surface area contributed by atoms with Crippen LogP contribution in [0.1, 0.15) is 0 Å². The number of benzene rings is 1. The third-order valence-corrected chi connectivity index (χ3v) is 6.31. The summed E-state index contributed by atoms with van der Waals surface area (Å²) >= 11 is 6.50. The Morgan fingerprint density at radius 1 is 1.06 bits per heavy atom. The number of nitrogens with zero attached hydrogens (tertiary/aromatic N) is 3. The van der Waals surface area contributed by atoms with Crippen LogP contribution in [-0.2, 0) is 9.47 Å². The molecule has 6 rings (SSSR count). The third kappa shape index (κ3) is 3.33. The van der Waals surface area contributed by atoms with Gasteiger partial charge >= 0.3 is 0 Å². The molecule has 10 heteroatoms. The van der Waals surface area contributed by atoms with E-state index in [1.165, 1.54) is 0 Å². The van der Waals surface area contributed by atoms with E-state index in [0.717, 1.165) is 11.3 Å². The zero-order chi connectivity index (χ0) is 21.1. The van der Waals surface area contributed by atoms with Gasteiger partial charge in [-0.1, -0.05) is 23.7 Å². The molecule has 3 aliphatic heterocycles. The molecule has 0 amide bonds. The predicted molar refractivity (Wildman–Crippen MR) is 112 cm³/mol. The summed E-state index contributed by atoms with van der Waals surface area (Å²) in [6, 6.07) is 10.00. The van der Waals surface area contributed by atoms with E-state index in [9.17, 15) is 10.2 Å². The highest BCUT2D eigenvalue weighted by atomic mass is 35.5. The number of hydrogen-bond donors (Lipinski definition) is 3. The van der Waals surface area contributed by atoms with Crippen LogP contribution in [0.2, 0.25) is 5.02 Å². The molecular weight excluding hydrogens is 424 g/mol. The van der Waals surface area contributed by atoms with E-state index < -0.39 is 6.10 Å². The molecule has 3 N–H and O–H groups in total. The van der Waals surface area contributed by atoms with Crippen LogP contribution < -0.4 is 9.64 Å². The average Bonchev–Trinajstić information content (AvgIpc) is 3.42. The zero-order valence-electron chi connectivity index (χ0n) is 16.4. The lowest BCUT2D eigenvalue weighted by Gasteiger charge is -2.37. The molecule has 0 radical (unpaired) electrons. The van der Waals surface area contributed by atoms with Crippen molar-refractivity contribution in [3.05, 3.63) is 35.4 Å². The van der Waals surface area contributed by atoms with Crippen LogP contribution in [0.25, 0.3) is 22.4 Å². The Morgan fingerprint density at radius 2 is 1.84 bits per heavy atom. The third-order valence-electron chi connectivity index (χ3n) is 6.02. The van der Waals surface area contributed by atoms with Gasteiger partial charge in [-0.15, -0.1) is 0 Å². The van der Waals surface area contributed by atoms with Gasteiger partial charge in [0.2, 0.25) is 0 Å². The van der Waals surface area contributed by atoms with Gasteiger partial charge in [-0.3, -0.25) is 0 Å². The minimum atomic E-state index is -0.630. The Kier molecular flexibility index (Phi) is 4.55. The van der Waals surface area contributed by atoms with Gasteiger partial charge in [0.05, 0.1) is 35.6 Å². The summed E-state index contributed by atoms with van der Waals surface area (Å²) in [4.78, 5) is 14.3. The number of ether oxygens (including phenoxy) is 3. The number of hydrogen-bond acceptors (Lipinski definition) is 8. The van der Waals surface area contributed by atoms with Crippen molar-refractivity contribution in [2.45, 2.75) is 30.5 Å². The number of aliphatic hydroxyl groups excluding tert-OH is 2. The van der Waals surface area contributed by atoms with Gasteiger partial charge in [0, 0.05) is 24.3 Å². The molecule has 4 atom stereocenters. The Hall–Kier alpha value is -2.43. The van der Waals surface area contributed by atoms with Gasteiger partial charge in [-0.25, -0.2) is 4.98 Å². The standard InChI is InChI=1S/C21H21ClN4O5/c22-13-5-14-20(24-17(13)10-1-3-11(4-2-10)26-6-12(27)7-26)25-21(23-14)31-16-9-30-18-15(28)8-29-19(16)18/h1-5,12,15-16,18-19,27-28H,6-9H2,(H,23,24,25)/t15-,16-,18-,19-/m1/s1. The highest BCUT2D eigenvalue weighted by Gasteiger charge is 2.48. The van der Waals surface area contributed by atoms with Gasteiger partial charge in [-0.05, 0) is 18.2 Å². The summed E-state index contributed by atoms with van der Waals surface area (Å²) < 4.78 is 17.1. The number of pyridine rings is 1. The van der Waals surface area contributed by atoms with Crippen molar-refractivity contribution in [1.82, 2.24) is 15.0 Å². The summed E-state index contributed by atoms with van der Waals surface area (Å²) in [7, 11) is 0. The van der Waals surface area contributed by atoms with Gasteiger partial charge < -0.3 is 34.3 Å². The van der Waals surface area contributed by atoms with Crippen LogP contribution in [0, 0.1) is 0 Å². The Bertz CT molecular complexity index is 1120. The van der Waals surface area contributed by atoms with E-state index in [1.54, 1.807) is 6.07 Å². The van der Waals surface area contributed by atoms with Crippen molar-refractivity contribution in [3.63, 3.8) is 0 Å². The molecule has 162 valence electrons. The van der Waals surface area contributed by atoms with E-state index in [-0.39, 0.29) is 31.0 Å². The minimum absolute atomic E-state index is 0.243. The van der Waals surface area contributed by atoms with Gasteiger partial charge in [-0.2, -0.15) is 4.98 Å². The van der Waals surface area contributed by atoms with E-state index in [1.807, 2.05) is 24.3 Å². The topological polar surface area (TPSA) is 113 Å². The molecule has 3 aliphatic rings. The number of rotatable bonds is 4. The van der Waals surface area contributed by atoms with Crippen LogP contribution in [0.5, 0.6) is 6.01 Å². The number of nitrogens with one attached hydrogen (secondary N) is 1. The summed E-state index contributed by atoms with van der Waals surface area (Å²) in [6.07, 6.45) is -1.92. The molecule has 5 heterocycles. The molecule has 9 nitrogen and oxygen atoms in total. The lowest BCUT2D eigenvalue weighted by molar-refractivity contribution is 0.00706. The van der Waals surface area contributed by atoms with E-state index in [4.69, 9.17) is 25.8 Å². The lowest BCUT2D eigenvalue weighted by atomic mass is 10.1. The Balaban J connectivity index is 1.23. The number of imidazole rings is 1. The molecule has 0 saturated carbocycles. The average molecular weight is 445 g/mol. The number of H-pyrrole nitrogens is 1. The monoisotopic (exact) mass is 444 g/mol. The first-order valence-electron chi connectivity index (χ1n) is 10.2. The van der Waals surface area contributed by atoms with E-state index in [2.05, 4.69) is 19.9 Å². The van der Waals surface area contributed by atoms with E-state index in [0.29, 0.717) is 47.6 Å². The number of aromatic nitrogens is 3. The maximum Gasteiger partial charge on any atom is 0.296 e. The molecule has 31 heavy (non-hydrogen) atoms. The number of aliphatic hydroxyl groups is 2. The van der Waals surface area contributed by atoms with Crippen molar-refractivity contribution >= 4 is 28.5 Å². The van der Waals surface area contributed by atoms with Crippen molar-refractivity contribution in [3.8, 4) is 17.3 Å². The first-order valence-corrected chi connectivity index (χ1v) is 10.6. The first kappa shape index (κ1) is 19.3. The Morgan fingerprint density at radius 3 is 2.61 bits per heavy atom. The second-order valence-electron chi connectivity index (χ2n) is 8.16. The second kappa shape index (κ2) is 7.32. The summed E-state index contributed by atoms with van der Waals surface area (Å²) in [5, 5.41) is 19.9. The highest BCUT2D eigenvalue weighted by Crippen LogP contribution is 2.33. The smallest absolute Gasteiger partial charge is 0.296 e. The molecule has 0 spiro atoms. The van der Waals surface area contributed by atoms with Crippen LogP contribution in [0.4, 0.5) is 5.69 Å². The van der Waals surface area contributed by atoms with Crippen LogP contribution in [0.3, 0.4) is 0 Å². The number of halogens is 1. The number of aromatic amines is 1. The Labute approximate surface area is 182 Å². The summed E-state index contributed by atoms with van der Waals surface area (Å²) in [6.45, 7) is 1.87. The molecule has 2 aromatic heterocycles. The number of anilines is 1. The van der Waals surface area contributed by atoms with Crippen molar-refractivity contribution in [1.29, 1.82) is 0 Å². The number of fused-ring (bicyclic) bond motifs is 2. The quantitative estimate of drug-likeness (QED) is 0.553. The predicted octanol–water partition coefficient (Wildman–Crippen LogP) is 1.37. The van der Waals surface area contributed by atoms with Crippen LogP contribution in [-0.4, -0.2) is 82.0 Å². The molecule has 3 saturated heterocycles. The summed E-state index contributed by atoms with van der Waals surface area (Å²) in [5.74, 6) is 0. The van der Waals surface area contributed by atoms with E-state index >= 15 is 0 Å². The number of β-amino-alcohol motifs (C(OH)–C–C–N with tert-alkyl or cyclic N) is 1. The highest BCUT2D eigenvalue weighted by molar-refractivity contribution is 6.33. The van der Waals surface area contributed by atoms with Crippen LogP contribution >= 0.6 is 11.6 Å².